The summed E-state index contributed by atoms with van der Waals surface area (Å²) in [6, 6.07) is 0. The molecule has 0 fully saturated rings. The summed E-state index contributed by atoms with van der Waals surface area (Å²) in [6.07, 6.45) is 2.99. The third-order valence-electron chi connectivity index (χ3n) is 1.02. The summed E-state index contributed by atoms with van der Waals surface area (Å²) in [5.74, 6) is -0.808. The molecule has 1 rings (SSSR count). The average molecular weight is 139 g/mol. The molecule has 0 saturated heterocycles. The molecule has 10 heavy (non-hydrogen) atoms. The second kappa shape index (κ2) is 2.86. The van der Waals surface area contributed by atoms with E-state index in [1.165, 1.54) is 6.20 Å². The van der Waals surface area contributed by atoms with Crippen LogP contribution < -0.4 is 5.32 Å². The number of nitroso groups, excluding NO2 is 1. The smallest absolute Gasteiger partial charge is 0.332 e. The lowest BCUT2D eigenvalue weighted by atomic mass is 10.3. The van der Waals surface area contributed by atoms with E-state index in [0.717, 1.165) is 0 Å². The van der Waals surface area contributed by atoms with Crippen molar-refractivity contribution in [3.63, 3.8) is 0 Å². The first-order valence-corrected chi connectivity index (χ1v) is 2.67. The molecule has 1 aliphatic rings. The Bertz CT molecular complexity index is 219. The minimum atomic E-state index is -0.808. The van der Waals surface area contributed by atoms with Gasteiger partial charge in [0.05, 0.1) is 6.54 Å². The lowest BCUT2D eigenvalue weighted by Crippen LogP contribution is -2.26. The second-order valence-electron chi connectivity index (χ2n) is 1.67. The fourth-order valence-electron chi connectivity index (χ4n) is 0.565. The number of rotatable bonds is 1. The summed E-state index contributed by atoms with van der Waals surface area (Å²) in [5.41, 5.74) is 0.150. The molecule has 1 aliphatic heterocycles. The summed E-state index contributed by atoms with van der Waals surface area (Å²) in [4.78, 5) is 23.8. The molecule has 0 radical (unpaired) electrons. The van der Waals surface area contributed by atoms with Gasteiger partial charge in [-0.15, -0.1) is 4.91 Å². The van der Waals surface area contributed by atoms with Gasteiger partial charge in [-0.2, -0.15) is 0 Å². The van der Waals surface area contributed by atoms with Crippen molar-refractivity contribution >= 4 is 11.6 Å². The van der Waals surface area contributed by atoms with E-state index in [-0.39, 0.29) is 12.3 Å². The van der Waals surface area contributed by atoms with Crippen LogP contribution in [0.1, 0.15) is 0 Å². The van der Waals surface area contributed by atoms with Crippen molar-refractivity contribution in [3.05, 3.63) is 17.3 Å². The lowest BCUT2D eigenvalue weighted by molar-refractivity contribution is -0.112. The molecule has 0 bridgehead atoms. The Morgan fingerprint density at radius 2 is 2.60 bits per heavy atom. The van der Waals surface area contributed by atoms with Crippen molar-refractivity contribution in [2.75, 3.05) is 6.54 Å². The summed E-state index contributed by atoms with van der Waals surface area (Å²) >= 11 is 0. The Kier molecular flexibility index (Phi) is 1.89. The van der Waals surface area contributed by atoms with Gasteiger partial charge in [-0.3, -0.25) is 9.79 Å². The van der Waals surface area contributed by atoms with E-state index >= 15 is 0 Å². The fraction of sp³-hybridized carbons (Fsp3) is 0.200. The Hall–Kier alpha value is -1.52. The van der Waals surface area contributed by atoms with E-state index in [1.807, 2.05) is 0 Å². The molecule has 52 valence electrons. The SMILES string of the molecule is O=NC(=O)C1=NC=CNC1. The predicted molar refractivity (Wildman–Crippen MR) is 35.4 cm³/mol. The van der Waals surface area contributed by atoms with Crippen molar-refractivity contribution in [1.29, 1.82) is 0 Å². The van der Waals surface area contributed by atoms with Gasteiger partial charge in [-0.1, -0.05) is 0 Å². The normalized spacial score (nSPS) is 15.4. The van der Waals surface area contributed by atoms with Crippen molar-refractivity contribution < 1.29 is 4.79 Å². The molecule has 1 amide bonds. The minimum absolute atomic E-state index is 0.150. The van der Waals surface area contributed by atoms with E-state index in [4.69, 9.17) is 0 Å². The zero-order valence-electron chi connectivity index (χ0n) is 5.07. The molecule has 0 aromatic carbocycles. The average Bonchev–Trinajstić information content (AvgIpc) is 2.05. The monoisotopic (exact) mass is 139 g/mol. The maximum atomic E-state index is 10.5. The van der Waals surface area contributed by atoms with E-state index < -0.39 is 5.91 Å². The Labute approximate surface area is 56.8 Å². The summed E-state index contributed by atoms with van der Waals surface area (Å²) < 4.78 is 0. The van der Waals surface area contributed by atoms with Crippen LogP contribution >= 0.6 is 0 Å². The van der Waals surface area contributed by atoms with Gasteiger partial charge >= 0.3 is 5.91 Å². The molecule has 0 aromatic heterocycles. The minimum Gasteiger partial charge on any atom is -0.384 e. The van der Waals surface area contributed by atoms with Gasteiger partial charge < -0.3 is 5.32 Å². The van der Waals surface area contributed by atoms with Crippen LogP contribution in [-0.4, -0.2) is 18.2 Å². The number of hydrogen-bond donors (Lipinski definition) is 1. The highest BCUT2D eigenvalue weighted by Gasteiger charge is 2.11. The number of carbonyl (C=O) groups is 1. The highest BCUT2D eigenvalue weighted by Crippen LogP contribution is 1.89. The molecule has 0 spiro atoms. The zero-order valence-corrected chi connectivity index (χ0v) is 5.07. The Balaban J connectivity index is 2.71. The fourth-order valence-corrected chi connectivity index (χ4v) is 0.565. The van der Waals surface area contributed by atoms with Gasteiger partial charge in [-0.25, -0.2) is 0 Å². The maximum absolute atomic E-state index is 10.5. The molecular weight excluding hydrogens is 134 g/mol. The molecule has 0 aliphatic carbocycles. The quantitative estimate of drug-likeness (QED) is 0.511. The molecule has 0 atom stereocenters. The summed E-state index contributed by atoms with van der Waals surface area (Å²) in [6.45, 7) is 0.279. The zero-order chi connectivity index (χ0) is 7.40. The second-order valence-corrected chi connectivity index (χ2v) is 1.67. The summed E-state index contributed by atoms with van der Waals surface area (Å²) in [7, 11) is 0. The van der Waals surface area contributed by atoms with Crippen LogP contribution in [0.4, 0.5) is 0 Å². The first kappa shape index (κ1) is 6.60. The van der Waals surface area contributed by atoms with Gasteiger partial charge in [0, 0.05) is 17.6 Å². The molecule has 5 heteroatoms. The third-order valence-corrected chi connectivity index (χ3v) is 1.02. The lowest BCUT2D eigenvalue weighted by Gasteiger charge is -2.02. The van der Waals surface area contributed by atoms with E-state index in [0.29, 0.717) is 0 Å². The van der Waals surface area contributed by atoms with Crippen molar-refractivity contribution in [3.8, 4) is 0 Å². The van der Waals surface area contributed by atoms with Crippen molar-refractivity contribution in [2.24, 2.45) is 10.2 Å². The molecule has 5 nitrogen and oxygen atoms in total. The van der Waals surface area contributed by atoms with Gasteiger partial charge in [-0.05, 0) is 0 Å². The first-order valence-electron chi connectivity index (χ1n) is 2.67. The highest BCUT2D eigenvalue weighted by molar-refractivity contribution is 6.40. The van der Waals surface area contributed by atoms with E-state index in [2.05, 4.69) is 15.5 Å². The van der Waals surface area contributed by atoms with Crippen LogP contribution in [0, 0.1) is 4.91 Å². The first-order chi connectivity index (χ1) is 4.84. The maximum Gasteiger partial charge on any atom is 0.332 e. The van der Waals surface area contributed by atoms with E-state index in [9.17, 15) is 9.70 Å². The third kappa shape index (κ3) is 1.25. The van der Waals surface area contributed by atoms with Gasteiger partial charge in [0.15, 0.2) is 0 Å². The topological polar surface area (TPSA) is 70.9 Å². The van der Waals surface area contributed by atoms with Crippen LogP contribution in [-0.2, 0) is 4.79 Å². The van der Waals surface area contributed by atoms with Crippen LogP contribution in [0.5, 0.6) is 0 Å². The van der Waals surface area contributed by atoms with Crippen LogP contribution in [0.15, 0.2) is 22.6 Å². The number of nitrogens with one attached hydrogen (secondary N) is 1. The van der Waals surface area contributed by atoms with Crippen molar-refractivity contribution in [1.82, 2.24) is 5.32 Å². The molecular formula is C5H5N3O2. The standard InChI is InChI=1S/C5H5N3O2/c9-5(8-10)4-3-6-1-2-7-4/h1-2,6H,3H2. The van der Waals surface area contributed by atoms with Crippen LogP contribution in [0.3, 0.4) is 0 Å². The number of nitrogens with zero attached hydrogens (tertiary/aromatic N) is 2. The van der Waals surface area contributed by atoms with Crippen LogP contribution in [0.2, 0.25) is 0 Å². The van der Waals surface area contributed by atoms with Crippen LogP contribution in [0.25, 0.3) is 0 Å². The van der Waals surface area contributed by atoms with Gasteiger partial charge in [0.1, 0.15) is 5.71 Å². The van der Waals surface area contributed by atoms with Gasteiger partial charge in [0.2, 0.25) is 0 Å². The Morgan fingerprint density at radius 1 is 1.80 bits per heavy atom. The number of hydrogen-bond acceptors (Lipinski definition) is 4. The highest BCUT2D eigenvalue weighted by atomic mass is 16.3. The Morgan fingerprint density at radius 3 is 3.10 bits per heavy atom. The largest absolute Gasteiger partial charge is 0.384 e. The number of amides is 1. The molecule has 0 unspecified atom stereocenters. The number of carbonyl (C=O) groups excluding carboxylic acids is 1. The number of aliphatic imine (C=N–C) groups is 1. The predicted octanol–water partition coefficient (Wildman–Crippen LogP) is -0.205. The summed E-state index contributed by atoms with van der Waals surface area (Å²) in [5, 5.41) is 4.94. The van der Waals surface area contributed by atoms with Gasteiger partial charge in [0.25, 0.3) is 0 Å². The van der Waals surface area contributed by atoms with E-state index in [1.54, 1.807) is 6.20 Å². The molecule has 1 N–H and O–H groups in total. The van der Waals surface area contributed by atoms with Crippen molar-refractivity contribution in [2.45, 2.75) is 0 Å². The molecule has 1 heterocycles. The molecule has 0 saturated carbocycles. The molecule has 0 aromatic rings.